The van der Waals surface area contributed by atoms with E-state index in [0.29, 0.717) is 11.3 Å². The Labute approximate surface area is 134 Å². The molecule has 126 valence electrons. The van der Waals surface area contributed by atoms with Crippen LogP contribution in [0.3, 0.4) is 0 Å². The van der Waals surface area contributed by atoms with E-state index in [1.165, 1.54) is 17.0 Å². The molecule has 0 heterocycles. The molecule has 0 bridgehead atoms. The van der Waals surface area contributed by atoms with Crippen LogP contribution in [0.15, 0.2) is 24.3 Å². The average molecular weight is 322 g/mol. The number of carbonyl (C=O) groups is 3. The summed E-state index contributed by atoms with van der Waals surface area (Å²) < 4.78 is 0. The second-order valence-corrected chi connectivity index (χ2v) is 5.26. The number of hydrogen-bond donors (Lipinski definition) is 3. The SMILES string of the molecule is CCN(C(=O)c1ccc(N)cc1)[C@@](CC)(CCC(=O)O)C(=O)O. The van der Waals surface area contributed by atoms with Crippen molar-refractivity contribution in [1.29, 1.82) is 0 Å². The third kappa shape index (κ3) is 4.00. The molecular weight excluding hydrogens is 300 g/mol. The first-order valence-corrected chi connectivity index (χ1v) is 7.41. The summed E-state index contributed by atoms with van der Waals surface area (Å²) in [6, 6.07) is 6.18. The Hall–Kier alpha value is -2.57. The molecule has 0 aromatic heterocycles. The van der Waals surface area contributed by atoms with Crippen LogP contribution in [-0.4, -0.2) is 45.0 Å². The monoisotopic (exact) mass is 322 g/mol. The second-order valence-electron chi connectivity index (χ2n) is 5.26. The number of hydrogen-bond acceptors (Lipinski definition) is 4. The van der Waals surface area contributed by atoms with Crippen LogP contribution in [0, 0.1) is 0 Å². The molecule has 7 heteroatoms. The van der Waals surface area contributed by atoms with Crippen molar-refractivity contribution >= 4 is 23.5 Å². The highest BCUT2D eigenvalue weighted by molar-refractivity contribution is 5.98. The number of carboxylic acid groups (broad SMARTS) is 2. The molecule has 0 radical (unpaired) electrons. The van der Waals surface area contributed by atoms with E-state index < -0.39 is 23.4 Å². The van der Waals surface area contributed by atoms with Crippen molar-refractivity contribution < 1.29 is 24.6 Å². The average Bonchev–Trinajstić information content (AvgIpc) is 2.51. The topological polar surface area (TPSA) is 121 Å². The number of aliphatic carboxylic acids is 2. The van der Waals surface area contributed by atoms with Gasteiger partial charge in [0, 0.05) is 24.2 Å². The molecule has 1 amide bonds. The quantitative estimate of drug-likeness (QED) is 0.628. The Kier molecular flexibility index (Phi) is 6.12. The van der Waals surface area contributed by atoms with Gasteiger partial charge in [-0.05, 0) is 44.0 Å². The molecule has 0 fully saturated rings. The Morgan fingerprint density at radius 1 is 1.13 bits per heavy atom. The van der Waals surface area contributed by atoms with Gasteiger partial charge in [0.1, 0.15) is 5.54 Å². The van der Waals surface area contributed by atoms with Gasteiger partial charge in [-0.3, -0.25) is 9.59 Å². The van der Waals surface area contributed by atoms with E-state index in [1.807, 2.05) is 0 Å². The van der Waals surface area contributed by atoms with Crippen LogP contribution in [0.1, 0.15) is 43.5 Å². The molecule has 0 saturated heterocycles. The third-order valence-electron chi connectivity index (χ3n) is 3.97. The van der Waals surface area contributed by atoms with Gasteiger partial charge in [-0.15, -0.1) is 0 Å². The van der Waals surface area contributed by atoms with Gasteiger partial charge in [-0.1, -0.05) is 6.92 Å². The number of nitrogen functional groups attached to an aromatic ring is 1. The Morgan fingerprint density at radius 3 is 2.09 bits per heavy atom. The Bertz CT molecular complexity index is 585. The van der Waals surface area contributed by atoms with Gasteiger partial charge in [0.2, 0.25) is 0 Å². The van der Waals surface area contributed by atoms with Gasteiger partial charge in [-0.25, -0.2) is 4.79 Å². The summed E-state index contributed by atoms with van der Waals surface area (Å²) in [5.41, 5.74) is 4.85. The molecule has 1 atom stereocenters. The lowest BCUT2D eigenvalue weighted by atomic mass is 9.87. The lowest BCUT2D eigenvalue weighted by molar-refractivity contribution is -0.151. The van der Waals surface area contributed by atoms with Crippen molar-refractivity contribution in [1.82, 2.24) is 4.90 Å². The van der Waals surface area contributed by atoms with Crippen molar-refractivity contribution in [2.24, 2.45) is 0 Å². The number of rotatable bonds is 8. The van der Waals surface area contributed by atoms with Crippen LogP contribution in [0.25, 0.3) is 0 Å². The fourth-order valence-electron chi connectivity index (χ4n) is 2.61. The Morgan fingerprint density at radius 2 is 1.70 bits per heavy atom. The number of carboxylic acids is 2. The molecule has 7 nitrogen and oxygen atoms in total. The predicted octanol–water partition coefficient (Wildman–Crippen LogP) is 1.83. The van der Waals surface area contributed by atoms with Crippen LogP contribution in [0.4, 0.5) is 5.69 Å². The zero-order chi connectivity index (χ0) is 17.6. The molecule has 0 unspecified atom stereocenters. The highest BCUT2D eigenvalue weighted by atomic mass is 16.4. The van der Waals surface area contributed by atoms with Gasteiger partial charge in [0.25, 0.3) is 5.91 Å². The molecule has 0 spiro atoms. The minimum absolute atomic E-state index is 0.115. The van der Waals surface area contributed by atoms with E-state index in [2.05, 4.69) is 0 Å². The number of nitrogens with two attached hydrogens (primary N) is 1. The van der Waals surface area contributed by atoms with E-state index in [1.54, 1.807) is 26.0 Å². The standard InChI is InChI=1S/C16H22N2O5/c1-3-16(15(22)23,10-9-13(19)20)18(4-2)14(21)11-5-7-12(17)8-6-11/h5-8H,3-4,9-10,17H2,1-2H3,(H,19,20)(H,22,23)/t16-/m0/s1. The van der Waals surface area contributed by atoms with Gasteiger partial charge in [0.05, 0.1) is 0 Å². The molecule has 0 aliphatic heterocycles. The molecule has 23 heavy (non-hydrogen) atoms. The zero-order valence-electron chi connectivity index (χ0n) is 13.3. The zero-order valence-corrected chi connectivity index (χ0v) is 13.3. The van der Waals surface area contributed by atoms with Crippen molar-refractivity contribution in [3.8, 4) is 0 Å². The fourth-order valence-corrected chi connectivity index (χ4v) is 2.61. The number of benzene rings is 1. The lowest BCUT2D eigenvalue weighted by Crippen LogP contribution is -2.57. The first kappa shape index (κ1) is 18.5. The molecule has 1 aromatic carbocycles. The lowest BCUT2D eigenvalue weighted by Gasteiger charge is -2.39. The predicted molar refractivity (Wildman–Crippen MR) is 85.1 cm³/mol. The van der Waals surface area contributed by atoms with Gasteiger partial charge < -0.3 is 20.8 Å². The maximum atomic E-state index is 12.7. The third-order valence-corrected chi connectivity index (χ3v) is 3.97. The van der Waals surface area contributed by atoms with E-state index in [-0.39, 0.29) is 25.8 Å². The van der Waals surface area contributed by atoms with E-state index in [9.17, 15) is 19.5 Å². The molecule has 0 saturated carbocycles. The first-order valence-electron chi connectivity index (χ1n) is 7.41. The molecule has 0 aliphatic carbocycles. The van der Waals surface area contributed by atoms with Crippen molar-refractivity contribution in [2.75, 3.05) is 12.3 Å². The van der Waals surface area contributed by atoms with Crippen LogP contribution < -0.4 is 5.73 Å². The molecule has 4 N–H and O–H groups in total. The highest BCUT2D eigenvalue weighted by Gasteiger charge is 2.44. The van der Waals surface area contributed by atoms with Crippen LogP contribution in [0.2, 0.25) is 0 Å². The fraction of sp³-hybridized carbons (Fsp3) is 0.438. The summed E-state index contributed by atoms with van der Waals surface area (Å²) in [5, 5.41) is 18.6. The van der Waals surface area contributed by atoms with Crippen molar-refractivity contribution in [3.05, 3.63) is 29.8 Å². The largest absolute Gasteiger partial charge is 0.481 e. The van der Waals surface area contributed by atoms with Gasteiger partial charge in [-0.2, -0.15) is 0 Å². The van der Waals surface area contributed by atoms with E-state index in [0.717, 1.165) is 0 Å². The molecular formula is C16H22N2O5. The van der Waals surface area contributed by atoms with Crippen molar-refractivity contribution in [2.45, 2.75) is 38.6 Å². The summed E-state index contributed by atoms with van der Waals surface area (Å²) in [4.78, 5) is 36.7. The number of nitrogens with zero attached hydrogens (tertiary/aromatic N) is 1. The number of anilines is 1. The second kappa shape index (κ2) is 7.62. The van der Waals surface area contributed by atoms with Crippen LogP contribution in [-0.2, 0) is 9.59 Å². The molecule has 1 rings (SSSR count). The number of carbonyl (C=O) groups excluding carboxylic acids is 1. The highest BCUT2D eigenvalue weighted by Crippen LogP contribution is 2.28. The summed E-state index contributed by atoms with van der Waals surface area (Å²) in [6.07, 6.45) is -0.363. The van der Waals surface area contributed by atoms with E-state index in [4.69, 9.17) is 10.8 Å². The normalized spacial score (nSPS) is 13.1. The van der Waals surface area contributed by atoms with Gasteiger partial charge in [0.15, 0.2) is 0 Å². The van der Waals surface area contributed by atoms with Crippen molar-refractivity contribution in [3.63, 3.8) is 0 Å². The maximum Gasteiger partial charge on any atom is 0.329 e. The first-order chi connectivity index (χ1) is 10.8. The number of amides is 1. The summed E-state index contributed by atoms with van der Waals surface area (Å²) >= 11 is 0. The molecule has 0 aliphatic rings. The summed E-state index contributed by atoms with van der Waals surface area (Å²) in [6.45, 7) is 3.46. The smallest absolute Gasteiger partial charge is 0.329 e. The minimum Gasteiger partial charge on any atom is -0.481 e. The summed E-state index contributed by atoms with van der Waals surface area (Å²) in [7, 11) is 0. The van der Waals surface area contributed by atoms with Crippen LogP contribution >= 0.6 is 0 Å². The van der Waals surface area contributed by atoms with Crippen LogP contribution in [0.5, 0.6) is 0 Å². The Balaban J connectivity index is 3.23. The van der Waals surface area contributed by atoms with Gasteiger partial charge >= 0.3 is 11.9 Å². The minimum atomic E-state index is -1.55. The van der Waals surface area contributed by atoms with E-state index >= 15 is 0 Å². The number of likely N-dealkylation sites (N-methyl/N-ethyl adjacent to an activating group) is 1. The summed E-state index contributed by atoms with van der Waals surface area (Å²) in [5.74, 6) is -2.76. The maximum absolute atomic E-state index is 12.7. The molecule has 1 aromatic rings.